The van der Waals surface area contributed by atoms with Crippen LogP contribution >= 0.6 is 0 Å². The second kappa shape index (κ2) is 26.5. The number of fused-ring (bicyclic) bond motifs is 3. The smallest absolute Gasteiger partial charge is 0.329 e. The van der Waals surface area contributed by atoms with Crippen molar-refractivity contribution in [2.24, 2.45) is 40.9 Å². The summed E-state index contributed by atoms with van der Waals surface area (Å²) in [6.45, 7) is 13.1. The Hall–Kier alpha value is -3.86. The van der Waals surface area contributed by atoms with E-state index in [0.29, 0.717) is 76.2 Å². The summed E-state index contributed by atoms with van der Waals surface area (Å²) in [5.74, 6) is -8.45. The van der Waals surface area contributed by atoms with Crippen LogP contribution in [0.4, 0.5) is 0 Å². The maximum Gasteiger partial charge on any atom is 0.329 e. The summed E-state index contributed by atoms with van der Waals surface area (Å²) in [5.41, 5.74) is 0.0510. The van der Waals surface area contributed by atoms with Gasteiger partial charge in [0.25, 0.3) is 11.7 Å². The largest absolute Gasteiger partial charge is 0.460 e. The summed E-state index contributed by atoms with van der Waals surface area (Å²) in [4.78, 5) is 84.3. The van der Waals surface area contributed by atoms with Gasteiger partial charge >= 0.3 is 11.9 Å². The molecule has 0 spiro atoms. The average molecular weight is 970 g/mol. The van der Waals surface area contributed by atoms with E-state index in [2.05, 4.69) is 0 Å². The molecule has 3 heterocycles. The molecule has 0 aromatic rings. The van der Waals surface area contributed by atoms with Gasteiger partial charge < -0.3 is 44.3 Å². The van der Waals surface area contributed by atoms with Crippen molar-refractivity contribution in [3.05, 3.63) is 47.6 Å². The molecule has 4 N–H and O–H groups in total. The molecule has 1 aliphatic carbocycles. The number of cyclic esters (lactones) is 1. The van der Waals surface area contributed by atoms with Gasteiger partial charge in [-0.2, -0.15) is 0 Å². The lowest BCUT2D eigenvalue weighted by Crippen LogP contribution is -2.60. The number of Topliss-reactive ketones (excluding diaryl/α,β-unsaturated/α-hetero) is 3. The zero-order chi connectivity index (χ0) is 51.2. The van der Waals surface area contributed by atoms with E-state index in [4.69, 9.17) is 18.9 Å². The van der Waals surface area contributed by atoms with E-state index in [1.807, 2.05) is 58.1 Å². The van der Waals surface area contributed by atoms with Crippen LogP contribution in [0.2, 0.25) is 0 Å². The molecular weight excluding hydrogens is 887 g/mol. The van der Waals surface area contributed by atoms with Gasteiger partial charge in [-0.05, 0) is 121 Å². The topological polar surface area (TPSA) is 223 Å². The van der Waals surface area contributed by atoms with Gasteiger partial charge in [0.05, 0.1) is 31.5 Å². The first-order chi connectivity index (χ1) is 32.6. The lowest BCUT2D eigenvalue weighted by Gasteiger charge is -2.42. The van der Waals surface area contributed by atoms with E-state index in [0.717, 1.165) is 5.57 Å². The fourth-order valence-corrected chi connectivity index (χ4v) is 10.1. The Balaban J connectivity index is 1.63. The minimum Gasteiger partial charge on any atom is -0.460 e. The number of esters is 2. The van der Waals surface area contributed by atoms with Crippen LogP contribution in [0.1, 0.15) is 145 Å². The highest BCUT2D eigenvalue weighted by Crippen LogP contribution is 2.38. The predicted molar refractivity (Wildman–Crippen MR) is 259 cm³/mol. The molecule has 15 nitrogen and oxygen atoms in total. The molecule has 3 aliphatic heterocycles. The van der Waals surface area contributed by atoms with Crippen LogP contribution in [0, 0.1) is 40.9 Å². The molecule has 4 aliphatic rings. The fourth-order valence-electron chi connectivity index (χ4n) is 10.1. The van der Waals surface area contributed by atoms with Crippen molar-refractivity contribution in [3.8, 4) is 0 Å². The first-order valence-electron chi connectivity index (χ1n) is 25.4. The predicted octanol–water partition coefficient (Wildman–Crippen LogP) is 6.47. The summed E-state index contributed by atoms with van der Waals surface area (Å²) in [6.07, 6.45) is 13.5. The summed E-state index contributed by atoms with van der Waals surface area (Å²) >= 11 is 0. The highest BCUT2D eigenvalue weighted by atomic mass is 16.6. The van der Waals surface area contributed by atoms with Crippen LogP contribution in [-0.2, 0) is 47.7 Å². The van der Waals surface area contributed by atoms with Crippen LogP contribution in [0.3, 0.4) is 0 Å². The molecule has 69 heavy (non-hydrogen) atoms. The van der Waals surface area contributed by atoms with E-state index >= 15 is 0 Å². The van der Waals surface area contributed by atoms with Crippen molar-refractivity contribution in [3.63, 3.8) is 0 Å². The molecule has 0 aromatic heterocycles. The highest BCUT2D eigenvalue weighted by molar-refractivity contribution is 6.39. The number of hydrogen-bond acceptors (Lipinski definition) is 14. The quantitative estimate of drug-likeness (QED) is 0.116. The molecule has 3 fully saturated rings. The van der Waals surface area contributed by atoms with Crippen LogP contribution in [0.5, 0.6) is 0 Å². The lowest BCUT2D eigenvalue weighted by molar-refractivity contribution is -0.263. The first-order valence-corrected chi connectivity index (χ1v) is 25.4. The van der Waals surface area contributed by atoms with Crippen molar-refractivity contribution in [2.45, 2.75) is 188 Å². The molecule has 388 valence electrons. The number of aliphatic hydroxyl groups excluding tert-OH is 3. The van der Waals surface area contributed by atoms with Crippen molar-refractivity contribution < 1.29 is 68.1 Å². The zero-order valence-corrected chi connectivity index (χ0v) is 42.7. The monoisotopic (exact) mass is 970 g/mol. The Morgan fingerprint density at radius 2 is 1.61 bits per heavy atom. The highest BCUT2D eigenvalue weighted by Gasteiger charge is 2.53. The number of allylic oxidation sites excluding steroid dienone is 7. The minimum atomic E-state index is -2.39. The van der Waals surface area contributed by atoms with E-state index < -0.39 is 102 Å². The molecule has 0 aromatic carbocycles. The van der Waals surface area contributed by atoms with Crippen LogP contribution in [0.15, 0.2) is 47.6 Å². The van der Waals surface area contributed by atoms with Gasteiger partial charge in [0.1, 0.15) is 35.2 Å². The van der Waals surface area contributed by atoms with Gasteiger partial charge in [-0.25, -0.2) is 4.79 Å². The molecule has 0 radical (unpaired) electrons. The Bertz CT molecular complexity index is 1900. The third kappa shape index (κ3) is 15.8. The molecule has 4 rings (SSSR count). The molecule has 1 amide bonds. The summed E-state index contributed by atoms with van der Waals surface area (Å²) < 4.78 is 23.9. The number of rotatable bonds is 8. The van der Waals surface area contributed by atoms with Gasteiger partial charge in [-0.3, -0.25) is 24.0 Å². The molecule has 2 bridgehead atoms. The first kappa shape index (κ1) is 57.7. The molecule has 1 saturated carbocycles. The molecule has 13 atom stereocenters. The fraction of sp³-hybridized carbons (Fsp3) is 0.741. The number of carbonyl (C=O) groups is 6. The summed E-state index contributed by atoms with van der Waals surface area (Å²) in [6, 6.07) is -1.16. The SMILES string of the molecule is CO[C@@H]1C[C@H](C[C@@H](C)C2CC(=O)[C@H](C)/C=C(\C)[C@@H](O)CC(=O)[C@H](C)C[C@H](C)/C=C/C=C/C=C(\C)CCC3CC[C@@H](C)[C@@](O)(O3)C(=O)C(=O)N3CCCC[C@H]3C(=O)O2)CCC1OC(=O)C(C)(CO)CO. The van der Waals surface area contributed by atoms with E-state index in [1.165, 1.54) is 18.9 Å². The van der Waals surface area contributed by atoms with E-state index in [1.54, 1.807) is 26.8 Å². The third-order valence-corrected chi connectivity index (χ3v) is 15.2. The summed E-state index contributed by atoms with van der Waals surface area (Å²) in [5, 5.41) is 42.5. The number of ketones is 3. The number of methoxy groups -OCH3 is 1. The summed E-state index contributed by atoms with van der Waals surface area (Å²) in [7, 11) is 1.51. The third-order valence-electron chi connectivity index (χ3n) is 15.2. The molecule has 15 heteroatoms. The number of hydrogen-bond donors (Lipinski definition) is 4. The standard InChI is InChI=1S/C54H83NO14/c1-33-15-11-10-12-16-34(2)25-35(3)43(58)29-44(59)36(4)26-37(5)45(60)30-47(38(6)27-40-20-23-46(48(28-40)66-9)68-52(64)53(8,31-56)32-57)67-51(63)42-17-13-14-24-55(42)50(62)49(61)54(65)39(7)19-22-41(69-54)21-18-33/h10-12,15-16,26,34-35,37-42,44,46-48,56-57,59,65H,13-14,17-25,27-32H2,1-9H3/b11-10+,16-12+,33-15+,36-26+/t34-,35-,37-,38-,39-,40+,41?,42+,44+,46?,47?,48-,54-/m1/s1. The van der Waals surface area contributed by atoms with Gasteiger partial charge in [0, 0.05) is 44.2 Å². The van der Waals surface area contributed by atoms with Crippen molar-refractivity contribution >= 4 is 35.2 Å². The Morgan fingerprint density at radius 3 is 2.29 bits per heavy atom. The number of piperidine rings is 1. The Morgan fingerprint density at radius 1 is 0.899 bits per heavy atom. The van der Waals surface area contributed by atoms with Gasteiger partial charge in [-0.1, -0.05) is 76.6 Å². The van der Waals surface area contributed by atoms with Crippen molar-refractivity contribution in [1.82, 2.24) is 4.90 Å². The van der Waals surface area contributed by atoms with Crippen molar-refractivity contribution in [2.75, 3.05) is 26.9 Å². The number of carbonyl (C=O) groups excluding carboxylic acids is 6. The maximum absolute atomic E-state index is 14.4. The number of ether oxygens (including phenoxy) is 4. The number of nitrogens with zero attached hydrogens (tertiary/aromatic N) is 1. The van der Waals surface area contributed by atoms with Gasteiger partial charge in [0.2, 0.25) is 5.79 Å². The van der Waals surface area contributed by atoms with Crippen LogP contribution in [0.25, 0.3) is 0 Å². The van der Waals surface area contributed by atoms with E-state index in [9.17, 15) is 49.2 Å². The maximum atomic E-state index is 14.4. The van der Waals surface area contributed by atoms with Gasteiger partial charge in [-0.15, -0.1) is 0 Å². The second-order valence-corrected chi connectivity index (χ2v) is 21.2. The minimum absolute atomic E-state index is 0.0109. The zero-order valence-electron chi connectivity index (χ0n) is 42.7. The molecule has 3 unspecified atom stereocenters. The van der Waals surface area contributed by atoms with Crippen LogP contribution in [-0.4, -0.2) is 130 Å². The number of amides is 1. The second-order valence-electron chi connectivity index (χ2n) is 21.2. The normalized spacial score (nSPS) is 36.7. The Kier molecular flexibility index (Phi) is 22.2. The van der Waals surface area contributed by atoms with Crippen molar-refractivity contribution in [1.29, 1.82) is 0 Å². The average Bonchev–Trinajstić information content (AvgIpc) is 3.32. The Labute approximate surface area is 410 Å². The lowest BCUT2D eigenvalue weighted by atomic mass is 9.78. The molecular formula is C54H83NO14. The molecule has 2 saturated heterocycles. The van der Waals surface area contributed by atoms with E-state index in [-0.39, 0.29) is 55.1 Å². The van der Waals surface area contributed by atoms with Crippen LogP contribution < -0.4 is 0 Å². The van der Waals surface area contributed by atoms with Gasteiger partial charge in [0.15, 0.2) is 0 Å². The number of aliphatic hydroxyl groups is 4.